The van der Waals surface area contributed by atoms with Crippen molar-refractivity contribution >= 4 is 34.3 Å². The van der Waals surface area contributed by atoms with Gasteiger partial charge in [-0.25, -0.2) is 4.99 Å². The maximum atomic E-state index is 5.05. The van der Waals surface area contributed by atoms with Gasteiger partial charge in [0.25, 0.3) is 0 Å². The van der Waals surface area contributed by atoms with Gasteiger partial charge in [0, 0.05) is 16.1 Å². The number of hydrogen-bond donors (Lipinski definition) is 0. The second-order valence-corrected chi connectivity index (χ2v) is 7.97. The van der Waals surface area contributed by atoms with Crippen LogP contribution in [0.5, 0.6) is 0 Å². The summed E-state index contributed by atoms with van der Waals surface area (Å²) >= 11 is 3.69. The van der Waals surface area contributed by atoms with Crippen molar-refractivity contribution in [1.82, 2.24) is 0 Å². The molecular formula is C22H19NS2. The number of rotatable bonds is 2. The van der Waals surface area contributed by atoms with Crippen LogP contribution < -0.4 is 0 Å². The number of fused-ring (bicyclic) bond motifs is 1. The van der Waals surface area contributed by atoms with E-state index in [1.807, 2.05) is 11.8 Å². The van der Waals surface area contributed by atoms with Gasteiger partial charge < -0.3 is 0 Å². The van der Waals surface area contributed by atoms with Crippen LogP contribution in [0, 0.1) is 0 Å². The van der Waals surface area contributed by atoms with Gasteiger partial charge in [0.15, 0.2) is 0 Å². The van der Waals surface area contributed by atoms with E-state index in [4.69, 9.17) is 4.99 Å². The van der Waals surface area contributed by atoms with Crippen LogP contribution in [-0.4, -0.2) is 11.3 Å². The Morgan fingerprint density at radius 2 is 1.36 bits per heavy atom. The molecule has 3 aromatic carbocycles. The van der Waals surface area contributed by atoms with Crippen LogP contribution in [0.2, 0.25) is 0 Å². The molecule has 0 amide bonds. The van der Waals surface area contributed by atoms with Crippen LogP contribution in [0.4, 0.5) is 5.69 Å². The monoisotopic (exact) mass is 361 g/mol. The van der Waals surface area contributed by atoms with Gasteiger partial charge in [-0.2, -0.15) is 0 Å². The number of thioether (sulfide) groups is 2. The van der Waals surface area contributed by atoms with Crippen LogP contribution in [0.25, 0.3) is 0 Å². The van der Waals surface area contributed by atoms with Gasteiger partial charge in [0.2, 0.25) is 0 Å². The van der Waals surface area contributed by atoms with Crippen molar-refractivity contribution < 1.29 is 0 Å². The van der Waals surface area contributed by atoms with Crippen molar-refractivity contribution in [1.29, 1.82) is 0 Å². The summed E-state index contributed by atoms with van der Waals surface area (Å²) in [5.74, 6) is 0.246. The van der Waals surface area contributed by atoms with E-state index < -0.39 is 0 Å². The van der Waals surface area contributed by atoms with Crippen LogP contribution in [0.15, 0.2) is 94.8 Å². The minimum Gasteiger partial charge on any atom is -0.245 e. The summed E-state index contributed by atoms with van der Waals surface area (Å²) in [5, 5.41) is 1.48. The Kier molecular flexibility index (Phi) is 4.95. The molecule has 4 rings (SSSR count). The summed E-state index contributed by atoms with van der Waals surface area (Å²) in [6.45, 7) is 0. The number of hydrogen-bond acceptors (Lipinski definition) is 3. The summed E-state index contributed by atoms with van der Waals surface area (Å²) in [5.41, 5.74) is 3.75. The number of nitrogens with zero attached hydrogens (tertiary/aromatic N) is 1. The standard InChI is InChI=1S/C22H19NS2/c1-24-22-20(16-10-4-2-5-11-16)21(17-12-6-3-7-13-17)25-19-15-9-8-14-18(19)23-22/h2-15,20-21H,1H3/t20-,21-/m0/s1. The molecule has 1 aliphatic heterocycles. The van der Waals surface area contributed by atoms with E-state index in [0.29, 0.717) is 5.25 Å². The minimum atomic E-state index is 0.246. The molecular weight excluding hydrogens is 342 g/mol. The van der Waals surface area contributed by atoms with Crippen molar-refractivity contribution in [2.24, 2.45) is 4.99 Å². The average Bonchev–Trinajstić information content (AvgIpc) is 2.86. The van der Waals surface area contributed by atoms with Gasteiger partial charge in [0.1, 0.15) is 0 Å². The van der Waals surface area contributed by atoms with Crippen LogP contribution in [0.3, 0.4) is 0 Å². The highest BCUT2D eigenvalue weighted by Gasteiger charge is 2.32. The molecule has 1 nitrogen and oxygen atoms in total. The fourth-order valence-electron chi connectivity index (χ4n) is 3.23. The van der Waals surface area contributed by atoms with Gasteiger partial charge in [-0.3, -0.25) is 0 Å². The smallest absolute Gasteiger partial charge is 0.0826 e. The normalized spacial score (nSPS) is 19.6. The maximum absolute atomic E-state index is 5.05. The second-order valence-electron chi connectivity index (χ2n) is 5.96. The fourth-order valence-corrected chi connectivity index (χ4v) is 5.41. The quantitative estimate of drug-likeness (QED) is 0.503. The first kappa shape index (κ1) is 16.5. The highest BCUT2D eigenvalue weighted by molar-refractivity contribution is 8.13. The van der Waals surface area contributed by atoms with Crippen LogP contribution >= 0.6 is 23.5 Å². The molecule has 1 aliphatic rings. The van der Waals surface area contributed by atoms with E-state index in [9.17, 15) is 0 Å². The Labute approximate surface area is 157 Å². The largest absolute Gasteiger partial charge is 0.245 e. The summed E-state index contributed by atoms with van der Waals surface area (Å²) in [6, 6.07) is 30.1. The van der Waals surface area contributed by atoms with E-state index in [1.165, 1.54) is 21.1 Å². The molecule has 0 N–H and O–H groups in total. The third kappa shape index (κ3) is 3.39. The van der Waals surface area contributed by atoms with Crippen molar-refractivity contribution in [3.8, 4) is 0 Å². The first-order chi connectivity index (χ1) is 12.4. The third-order valence-electron chi connectivity index (χ3n) is 4.41. The Morgan fingerprint density at radius 1 is 0.760 bits per heavy atom. The molecule has 124 valence electrons. The molecule has 0 radical (unpaired) electrons. The highest BCUT2D eigenvalue weighted by Crippen LogP contribution is 2.52. The van der Waals surface area contributed by atoms with Crippen molar-refractivity contribution in [3.63, 3.8) is 0 Å². The second kappa shape index (κ2) is 7.51. The first-order valence-electron chi connectivity index (χ1n) is 8.35. The van der Waals surface area contributed by atoms with Crippen LogP contribution in [-0.2, 0) is 0 Å². The Bertz CT molecular complexity index is 875. The Morgan fingerprint density at radius 3 is 2.04 bits per heavy atom. The topological polar surface area (TPSA) is 12.4 Å². The predicted octanol–water partition coefficient (Wildman–Crippen LogP) is 6.71. The molecule has 0 aliphatic carbocycles. The molecule has 0 aromatic heterocycles. The van der Waals surface area contributed by atoms with Gasteiger partial charge in [-0.15, -0.1) is 23.5 Å². The lowest BCUT2D eigenvalue weighted by atomic mass is 9.92. The average molecular weight is 362 g/mol. The van der Waals surface area contributed by atoms with Crippen molar-refractivity contribution in [2.75, 3.05) is 6.26 Å². The zero-order chi connectivity index (χ0) is 17.1. The van der Waals surface area contributed by atoms with Gasteiger partial charge in [-0.1, -0.05) is 72.8 Å². The molecule has 0 saturated carbocycles. The van der Waals surface area contributed by atoms with Crippen molar-refractivity contribution in [2.45, 2.75) is 16.1 Å². The SMILES string of the molecule is CSC1=Nc2ccccc2S[C@@H](c2ccccc2)[C@@H]1c1ccccc1. The number of para-hydroxylation sites is 1. The summed E-state index contributed by atoms with van der Waals surface area (Å²) < 4.78 is 0. The zero-order valence-corrected chi connectivity index (χ0v) is 15.6. The van der Waals surface area contributed by atoms with E-state index in [1.54, 1.807) is 11.8 Å². The molecule has 2 atom stereocenters. The van der Waals surface area contributed by atoms with Gasteiger partial charge in [0.05, 0.1) is 10.7 Å². The summed E-state index contributed by atoms with van der Waals surface area (Å²) in [6.07, 6.45) is 2.13. The van der Waals surface area contributed by atoms with E-state index >= 15 is 0 Å². The lowest BCUT2D eigenvalue weighted by Crippen LogP contribution is -2.15. The van der Waals surface area contributed by atoms with E-state index in [0.717, 1.165) is 5.69 Å². The molecule has 25 heavy (non-hydrogen) atoms. The molecule has 0 unspecified atom stereocenters. The number of aliphatic imine (C=N–C) groups is 1. The van der Waals surface area contributed by atoms with Gasteiger partial charge in [-0.05, 0) is 29.5 Å². The third-order valence-corrected chi connectivity index (χ3v) is 6.58. The van der Waals surface area contributed by atoms with E-state index in [-0.39, 0.29) is 5.92 Å². The number of benzene rings is 3. The Balaban J connectivity index is 1.90. The highest BCUT2D eigenvalue weighted by atomic mass is 32.2. The maximum Gasteiger partial charge on any atom is 0.0826 e. The van der Waals surface area contributed by atoms with E-state index in [2.05, 4.69) is 91.2 Å². The fraction of sp³-hybridized carbons (Fsp3) is 0.136. The molecule has 0 saturated heterocycles. The molecule has 0 spiro atoms. The van der Waals surface area contributed by atoms with Crippen molar-refractivity contribution in [3.05, 3.63) is 96.1 Å². The van der Waals surface area contributed by atoms with Crippen LogP contribution in [0.1, 0.15) is 22.3 Å². The molecule has 1 heterocycles. The Hall–Kier alpha value is -1.97. The summed E-state index contributed by atoms with van der Waals surface area (Å²) in [7, 11) is 0. The summed E-state index contributed by atoms with van der Waals surface area (Å²) in [4.78, 5) is 6.30. The van der Waals surface area contributed by atoms with Gasteiger partial charge >= 0.3 is 0 Å². The molecule has 0 fully saturated rings. The first-order valence-corrected chi connectivity index (χ1v) is 10.5. The lowest BCUT2D eigenvalue weighted by molar-refractivity contribution is 0.867. The molecule has 3 heteroatoms. The lowest BCUT2D eigenvalue weighted by Gasteiger charge is -2.26. The zero-order valence-electron chi connectivity index (χ0n) is 14.0. The molecule has 0 bridgehead atoms. The minimum absolute atomic E-state index is 0.246. The predicted molar refractivity (Wildman–Crippen MR) is 111 cm³/mol. The molecule has 3 aromatic rings.